The number of anilines is 2. The molecule has 0 bridgehead atoms. The minimum absolute atomic E-state index is 0.143. The van der Waals surface area contributed by atoms with Gasteiger partial charge in [-0.3, -0.25) is 10.1 Å². The van der Waals surface area contributed by atoms with Gasteiger partial charge >= 0.3 is 0 Å². The van der Waals surface area contributed by atoms with Gasteiger partial charge in [0.05, 0.1) is 4.92 Å². The molecule has 1 aliphatic carbocycles. The summed E-state index contributed by atoms with van der Waals surface area (Å²) in [6.07, 6.45) is 9.90. The molecule has 1 saturated carbocycles. The zero-order valence-electron chi connectivity index (χ0n) is 15.2. The standard InChI is InChI=1S/C22H23N3O2/c26-25(27)22-15-18(17-7-2-1-3-8-17)11-12-21(22)23-19-9-6-10-20(16-19)24-13-4-5-14-24/h4-6,9-17,23H,1-3,7-8H2. The van der Waals surface area contributed by atoms with Gasteiger partial charge in [0, 0.05) is 29.8 Å². The Balaban J connectivity index is 1.61. The third-order valence-corrected chi connectivity index (χ3v) is 5.32. The minimum atomic E-state index is -0.287. The van der Waals surface area contributed by atoms with Gasteiger partial charge in [0.25, 0.3) is 5.69 Å². The Kier molecular flexibility index (Phi) is 4.92. The van der Waals surface area contributed by atoms with Gasteiger partial charge in [-0.2, -0.15) is 0 Å². The number of nitro benzene ring substituents is 1. The summed E-state index contributed by atoms with van der Waals surface area (Å²) in [5.41, 5.74) is 3.60. The van der Waals surface area contributed by atoms with Crippen molar-refractivity contribution in [1.29, 1.82) is 0 Å². The van der Waals surface area contributed by atoms with Gasteiger partial charge in [-0.05, 0) is 60.7 Å². The molecule has 138 valence electrons. The molecule has 0 spiro atoms. The van der Waals surface area contributed by atoms with Crippen LogP contribution in [0.5, 0.6) is 0 Å². The first-order valence-corrected chi connectivity index (χ1v) is 9.49. The highest BCUT2D eigenvalue weighted by molar-refractivity contribution is 5.71. The summed E-state index contributed by atoms with van der Waals surface area (Å²) in [6, 6.07) is 17.4. The minimum Gasteiger partial charge on any atom is -0.350 e. The normalized spacial score (nSPS) is 14.8. The van der Waals surface area contributed by atoms with Crippen LogP contribution < -0.4 is 5.32 Å². The molecule has 3 aromatic rings. The zero-order valence-corrected chi connectivity index (χ0v) is 15.2. The van der Waals surface area contributed by atoms with Gasteiger partial charge in [0.2, 0.25) is 0 Å². The summed E-state index contributed by atoms with van der Waals surface area (Å²) in [7, 11) is 0. The Bertz CT molecular complexity index is 928. The van der Waals surface area contributed by atoms with E-state index in [2.05, 4.69) is 5.32 Å². The fraction of sp³-hybridized carbons (Fsp3) is 0.273. The molecule has 27 heavy (non-hydrogen) atoms. The predicted octanol–water partition coefficient (Wildman–Crippen LogP) is 6.18. The monoisotopic (exact) mass is 361 g/mol. The van der Waals surface area contributed by atoms with Crippen molar-refractivity contribution in [1.82, 2.24) is 4.57 Å². The zero-order chi connectivity index (χ0) is 18.6. The van der Waals surface area contributed by atoms with Crippen LogP contribution in [0.4, 0.5) is 17.1 Å². The largest absolute Gasteiger partial charge is 0.350 e. The van der Waals surface area contributed by atoms with Gasteiger partial charge in [0.15, 0.2) is 0 Å². The van der Waals surface area contributed by atoms with Crippen molar-refractivity contribution >= 4 is 17.1 Å². The van der Waals surface area contributed by atoms with Crippen LogP contribution in [-0.2, 0) is 0 Å². The van der Waals surface area contributed by atoms with Crippen LogP contribution in [0.1, 0.15) is 43.6 Å². The average Bonchev–Trinajstić information content (AvgIpc) is 3.24. The smallest absolute Gasteiger partial charge is 0.292 e. The van der Waals surface area contributed by atoms with E-state index in [-0.39, 0.29) is 10.6 Å². The number of nitrogens with zero attached hydrogens (tertiary/aromatic N) is 2. The van der Waals surface area contributed by atoms with E-state index in [1.165, 1.54) is 19.3 Å². The molecule has 1 fully saturated rings. The van der Waals surface area contributed by atoms with Crippen LogP contribution in [0.25, 0.3) is 5.69 Å². The molecular weight excluding hydrogens is 338 g/mol. The van der Waals surface area contributed by atoms with Gasteiger partial charge < -0.3 is 9.88 Å². The second-order valence-electron chi connectivity index (χ2n) is 7.13. The fourth-order valence-electron chi connectivity index (χ4n) is 3.90. The highest BCUT2D eigenvalue weighted by Crippen LogP contribution is 2.37. The molecule has 5 nitrogen and oxygen atoms in total. The molecule has 0 unspecified atom stereocenters. The lowest BCUT2D eigenvalue weighted by Gasteiger charge is -2.22. The number of aromatic nitrogens is 1. The number of hydrogen-bond acceptors (Lipinski definition) is 3. The quantitative estimate of drug-likeness (QED) is 0.436. The molecule has 0 aliphatic heterocycles. The Morgan fingerprint density at radius 2 is 1.74 bits per heavy atom. The maximum absolute atomic E-state index is 11.7. The number of rotatable bonds is 5. The molecule has 0 atom stereocenters. The van der Waals surface area contributed by atoms with Crippen LogP contribution in [0.15, 0.2) is 67.0 Å². The van der Waals surface area contributed by atoms with Crippen molar-refractivity contribution in [2.45, 2.75) is 38.0 Å². The summed E-state index contributed by atoms with van der Waals surface area (Å²) in [5, 5.41) is 14.9. The second kappa shape index (κ2) is 7.66. The maximum Gasteiger partial charge on any atom is 0.292 e. The van der Waals surface area contributed by atoms with E-state index in [1.54, 1.807) is 6.07 Å². The van der Waals surface area contributed by atoms with E-state index in [4.69, 9.17) is 0 Å². The Morgan fingerprint density at radius 1 is 0.963 bits per heavy atom. The van der Waals surface area contributed by atoms with Crippen LogP contribution in [0, 0.1) is 10.1 Å². The van der Waals surface area contributed by atoms with Crippen molar-refractivity contribution in [2.75, 3.05) is 5.32 Å². The highest BCUT2D eigenvalue weighted by Gasteiger charge is 2.21. The van der Waals surface area contributed by atoms with E-state index in [9.17, 15) is 10.1 Å². The molecule has 1 heterocycles. The summed E-state index contributed by atoms with van der Waals surface area (Å²) in [6.45, 7) is 0. The first-order chi connectivity index (χ1) is 13.2. The van der Waals surface area contributed by atoms with Gasteiger partial charge in [-0.15, -0.1) is 0 Å². The Morgan fingerprint density at radius 3 is 2.48 bits per heavy atom. The summed E-state index contributed by atoms with van der Waals surface area (Å²) < 4.78 is 2.01. The molecule has 1 aliphatic rings. The molecule has 0 amide bonds. The van der Waals surface area contributed by atoms with Crippen molar-refractivity contribution in [3.8, 4) is 5.69 Å². The number of nitro groups is 1. The summed E-state index contributed by atoms with van der Waals surface area (Å²) >= 11 is 0. The van der Waals surface area contributed by atoms with Crippen molar-refractivity contribution in [3.63, 3.8) is 0 Å². The van der Waals surface area contributed by atoms with Crippen LogP contribution in [-0.4, -0.2) is 9.49 Å². The molecule has 1 N–H and O–H groups in total. The SMILES string of the molecule is O=[N+]([O-])c1cc(C2CCCCC2)ccc1Nc1cccc(-n2cccc2)c1. The van der Waals surface area contributed by atoms with Gasteiger partial charge in [0.1, 0.15) is 5.69 Å². The van der Waals surface area contributed by atoms with E-state index < -0.39 is 0 Å². The first kappa shape index (κ1) is 17.3. The topological polar surface area (TPSA) is 60.1 Å². The summed E-state index contributed by atoms with van der Waals surface area (Å²) in [4.78, 5) is 11.4. The maximum atomic E-state index is 11.7. The average molecular weight is 361 g/mol. The first-order valence-electron chi connectivity index (χ1n) is 9.49. The Hall–Kier alpha value is -3.08. The summed E-state index contributed by atoms with van der Waals surface area (Å²) in [5.74, 6) is 0.448. The molecule has 0 saturated heterocycles. The molecule has 4 rings (SSSR count). The van der Waals surface area contributed by atoms with Gasteiger partial charge in [-0.1, -0.05) is 31.4 Å². The highest BCUT2D eigenvalue weighted by atomic mass is 16.6. The van der Waals surface area contributed by atoms with Crippen LogP contribution >= 0.6 is 0 Å². The van der Waals surface area contributed by atoms with E-state index in [0.29, 0.717) is 11.6 Å². The van der Waals surface area contributed by atoms with Gasteiger partial charge in [-0.25, -0.2) is 0 Å². The van der Waals surface area contributed by atoms with E-state index >= 15 is 0 Å². The molecular formula is C22H23N3O2. The molecule has 0 radical (unpaired) electrons. The van der Waals surface area contributed by atoms with E-state index in [0.717, 1.165) is 29.8 Å². The van der Waals surface area contributed by atoms with E-state index in [1.807, 2.05) is 65.5 Å². The lowest BCUT2D eigenvalue weighted by molar-refractivity contribution is -0.384. The van der Waals surface area contributed by atoms with Crippen LogP contribution in [0.2, 0.25) is 0 Å². The van der Waals surface area contributed by atoms with Crippen LogP contribution in [0.3, 0.4) is 0 Å². The third kappa shape index (κ3) is 3.87. The molecule has 1 aromatic heterocycles. The predicted molar refractivity (Wildman–Crippen MR) is 108 cm³/mol. The number of benzene rings is 2. The second-order valence-corrected chi connectivity index (χ2v) is 7.13. The van der Waals surface area contributed by atoms with Crippen molar-refractivity contribution in [2.24, 2.45) is 0 Å². The number of nitrogens with one attached hydrogen (secondary N) is 1. The van der Waals surface area contributed by atoms with Crippen molar-refractivity contribution in [3.05, 3.63) is 82.7 Å². The third-order valence-electron chi connectivity index (χ3n) is 5.32. The fourth-order valence-corrected chi connectivity index (χ4v) is 3.90. The van der Waals surface area contributed by atoms with Crippen molar-refractivity contribution < 1.29 is 4.92 Å². The lowest BCUT2D eigenvalue weighted by Crippen LogP contribution is -2.06. The number of hydrogen-bond donors (Lipinski definition) is 1. The molecule has 5 heteroatoms. The lowest BCUT2D eigenvalue weighted by atomic mass is 9.84. The molecule has 2 aromatic carbocycles. The Labute approximate surface area is 158 Å².